The average Bonchev–Trinajstić information content (AvgIpc) is 3.70. The zero-order chi connectivity index (χ0) is 23.8. The number of fused-ring (bicyclic) bond motifs is 2. The largest absolute Gasteiger partial charge is 0.328 e. The van der Waals surface area contributed by atoms with Crippen molar-refractivity contribution in [3.63, 3.8) is 0 Å². The topological polar surface area (TPSA) is 81.4 Å². The maximum Gasteiger partial charge on any atom is 0.328 e. The molecule has 3 atom stereocenters. The Morgan fingerprint density at radius 1 is 1.03 bits per heavy atom. The molecule has 180 valence electrons. The van der Waals surface area contributed by atoms with Gasteiger partial charge in [0.1, 0.15) is 0 Å². The van der Waals surface area contributed by atoms with Crippen LogP contribution in [0.2, 0.25) is 0 Å². The highest BCUT2D eigenvalue weighted by atomic mass is 16.1. The second-order valence-corrected chi connectivity index (χ2v) is 10.2. The van der Waals surface area contributed by atoms with Crippen molar-refractivity contribution in [2.45, 2.75) is 64.5 Å². The van der Waals surface area contributed by atoms with Crippen molar-refractivity contribution in [3.8, 4) is 22.5 Å². The van der Waals surface area contributed by atoms with Crippen LogP contribution < -0.4 is 5.69 Å². The summed E-state index contributed by atoms with van der Waals surface area (Å²) in [7, 11) is 0. The SMILES string of the molecule is CCCCc1cn(C2CC3CCC2C3)c(=O)n1Cc1ccc(-c2ccccc2-c2nn[nH]n2)cc1. The van der Waals surface area contributed by atoms with Gasteiger partial charge >= 0.3 is 5.69 Å². The van der Waals surface area contributed by atoms with Gasteiger partial charge in [-0.05, 0) is 65.8 Å². The number of benzene rings is 2. The molecular weight excluding hydrogens is 436 g/mol. The Kier molecular flexibility index (Phi) is 5.84. The molecule has 4 aromatic rings. The number of aromatic amines is 1. The number of aromatic nitrogens is 6. The Morgan fingerprint density at radius 3 is 2.54 bits per heavy atom. The monoisotopic (exact) mass is 468 g/mol. The van der Waals surface area contributed by atoms with Crippen LogP contribution in [0.15, 0.2) is 59.5 Å². The Morgan fingerprint density at radius 2 is 1.86 bits per heavy atom. The van der Waals surface area contributed by atoms with Crippen LogP contribution in [-0.4, -0.2) is 29.8 Å². The van der Waals surface area contributed by atoms with Crippen molar-refractivity contribution in [1.82, 2.24) is 29.8 Å². The number of tetrazole rings is 1. The normalized spacial score (nSPS) is 21.1. The van der Waals surface area contributed by atoms with E-state index in [4.69, 9.17) is 0 Å². The lowest BCUT2D eigenvalue weighted by molar-refractivity contribution is 0.321. The van der Waals surface area contributed by atoms with Crippen molar-refractivity contribution < 1.29 is 0 Å². The van der Waals surface area contributed by atoms with Gasteiger partial charge in [-0.15, -0.1) is 10.2 Å². The summed E-state index contributed by atoms with van der Waals surface area (Å²) in [4.78, 5) is 13.6. The zero-order valence-corrected chi connectivity index (χ0v) is 20.2. The quantitative estimate of drug-likeness (QED) is 0.383. The minimum atomic E-state index is 0.167. The maximum absolute atomic E-state index is 13.6. The summed E-state index contributed by atoms with van der Waals surface area (Å²) in [5.41, 5.74) is 5.56. The van der Waals surface area contributed by atoms with E-state index < -0.39 is 0 Å². The number of unbranched alkanes of at least 4 members (excludes halogenated alkanes) is 1. The Bertz CT molecular complexity index is 1350. The van der Waals surface area contributed by atoms with Gasteiger partial charge in [-0.2, -0.15) is 5.21 Å². The average molecular weight is 469 g/mol. The summed E-state index contributed by atoms with van der Waals surface area (Å²) in [5.74, 6) is 2.09. The van der Waals surface area contributed by atoms with Crippen LogP contribution in [0, 0.1) is 11.8 Å². The predicted molar refractivity (Wildman–Crippen MR) is 136 cm³/mol. The first-order valence-electron chi connectivity index (χ1n) is 12.9. The number of H-pyrrole nitrogens is 1. The van der Waals surface area contributed by atoms with E-state index in [0.717, 1.165) is 47.4 Å². The summed E-state index contributed by atoms with van der Waals surface area (Å²) < 4.78 is 4.11. The standard InChI is InChI=1S/C28H32N6O/c1-2-3-6-23-18-34(26-16-20-11-14-22(26)15-20)28(35)33(23)17-19-9-12-21(13-10-19)24-7-4-5-8-25(24)27-29-31-32-30-27/h4-5,7-10,12-13,18,20,22,26H,2-3,6,11,14-17H2,1H3,(H,29,30,31,32). The molecule has 2 heterocycles. The summed E-state index contributed by atoms with van der Waals surface area (Å²) >= 11 is 0. The number of imidazole rings is 1. The molecule has 0 saturated heterocycles. The van der Waals surface area contributed by atoms with Gasteiger partial charge in [0.15, 0.2) is 0 Å². The van der Waals surface area contributed by atoms with E-state index in [2.05, 4.69) is 68.6 Å². The number of aryl methyl sites for hydroxylation is 1. The molecule has 0 radical (unpaired) electrons. The minimum Gasteiger partial charge on any atom is -0.296 e. The molecule has 7 nitrogen and oxygen atoms in total. The number of hydrogen-bond donors (Lipinski definition) is 1. The molecule has 2 aliphatic carbocycles. The third-order valence-corrected chi connectivity index (χ3v) is 8.05. The minimum absolute atomic E-state index is 0.167. The lowest BCUT2D eigenvalue weighted by atomic mass is 9.95. The Balaban J connectivity index is 1.29. The third-order valence-electron chi connectivity index (χ3n) is 8.05. The first-order chi connectivity index (χ1) is 17.2. The third kappa shape index (κ3) is 4.13. The highest BCUT2D eigenvalue weighted by molar-refractivity contribution is 5.80. The van der Waals surface area contributed by atoms with E-state index in [9.17, 15) is 4.79 Å². The molecule has 1 N–H and O–H groups in total. The first kappa shape index (κ1) is 22.0. The van der Waals surface area contributed by atoms with Crippen molar-refractivity contribution in [2.24, 2.45) is 11.8 Å². The summed E-state index contributed by atoms with van der Waals surface area (Å²) in [6.07, 6.45) is 10.5. The molecule has 0 amide bonds. The van der Waals surface area contributed by atoms with Gasteiger partial charge in [-0.25, -0.2) is 4.79 Å². The van der Waals surface area contributed by atoms with Crippen LogP contribution >= 0.6 is 0 Å². The second-order valence-electron chi connectivity index (χ2n) is 10.2. The van der Waals surface area contributed by atoms with E-state index in [1.54, 1.807) is 0 Å². The molecule has 2 bridgehead atoms. The van der Waals surface area contributed by atoms with Crippen molar-refractivity contribution >= 4 is 0 Å². The fourth-order valence-corrected chi connectivity index (χ4v) is 6.24. The van der Waals surface area contributed by atoms with Crippen LogP contribution in [0.5, 0.6) is 0 Å². The highest BCUT2D eigenvalue weighted by Crippen LogP contribution is 2.50. The second kappa shape index (κ2) is 9.29. The fourth-order valence-electron chi connectivity index (χ4n) is 6.24. The predicted octanol–water partition coefficient (Wildman–Crippen LogP) is 5.25. The molecule has 0 aliphatic heterocycles. The van der Waals surface area contributed by atoms with E-state index >= 15 is 0 Å². The van der Waals surface area contributed by atoms with E-state index in [-0.39, 0.29) is 5.69 Å². The summed E-state index contributed by atoms with van der Waals surface area (Å²) in [5, 5.41) is 14.5. The van der Waals surface area contributed by atoms with Crippen LogP contribution in [0.3, 0.4) is 0 Å². The lowest BCUT2D eigenvalue weighted by Gasteiger charge is -2.22. The highest BCUT2D eigenvalue weighted by Gasteiger charge is 2.41. The molecule has 2 fully saturated rings. The Hall–Kier alpha value is -3.48. The molecule has 2 aromatic carbocycles. The molecule has 35 heavy (non-hydrogen) atoms. The number of hydrogen-bond acceptors (Lipinski definition) is 4. The molecule has 0 spiro atoms. The van der Waals surface area contributed by atoms with Gasteiger partial charge in [0.2, 0.25) is 5.82 Å². The van der Waals surface area contributed by atoms with Gasteiger partial charge in [0.25, 0.3) is 0 Å². The van der Waals surface area contributed by atoms with Gasteiger partial charge in [0.05, 0.1) is 6.54 Å². The number of nitrogens with one attached hydrogen (secondary N) is 1. The lowest BCUT2D eigenvalue weighted by Crippen LogP contribution is -2.30. The smallest absolute Gasteiger partial charge is 0.296 e. The van der Waals surface area contributed by atoms with Crippen LogP contribution in [0.1, 0.15) is 62.7 Å². The van der Waals surface area contributed by atoms with E-state index in [1.165, 1.54) is 31.4 Å². The van der Waals surface area contributed by atoms with E-state index in [0.29, 0.717) is 24.3 Å². The first-order valence-corrected chi connectivity index (χ1v) is 12.9. The summed E-state index contributed by atoms with van der Waals surface area (Å²) in [6, 6.07) is 17.0. The van der Waals surface area contributed by atoms with E-state index in [1.807, 2.05) is 22.8 Å². The molecular formula is C28H32N6O. The summed E-state index contributed by atoms with van der Waals surface area (Å²) in [6.45, 7) is 2.82. The van der Waals surface area contributed by atoms with Gasteiger partial charge < -0.3 is 0 Å². The van der Waals surface area contributed by atoms with Crippen molar-refractivity contribution in [3.05, 3.63) is 76.5 Å². The number of rotatable bonds is 8. The molecule has 6 rings (SSSR count). The molecule has 2 saturated carbocycles. The number of nitrogens with zero attached hydrogens (tertiary/aromatic N) is 5. The fraction of sp³-hybridized carbons (Fsp3) is 0.429. The van der Waals surface area contributed by atoms with Gasteiger partial charge in [-0.3, -0.25) is 9.13 Å². The molecule has 2 aliphatic rings. The maximum atomic E-state index is 13.6. The van der Waals surface area contributed by atoms with Gasteiger partial charge in [-0.1, -0.05) is 68.3 Å². The zero-order valence-electron chi connectivity index (χ0n) is 20.2. The molecule has 3 unspecified atom stereocenters. The van der Waals surface area contributed by atoms with Gasteiger partial charge in [0, 0.05) is 23.5 Å². The molecule has 7 heteroatoms. The Labute approximate surface area is 205 Å². The van der Waals surface area contributed by atoms with Crippen LogP contribution in [-0.2, 0) is 13.0 Å². The van der Waals surface area contributed by atoms with Crippen LogP contribution in [0.4, 0.5) is 0 Å². The van der Waals surface area contributed by atoms with Crippen LogP contribution in [0.25, 0.3) is 22.5 Å². The van der Waals surface area contributed by atoms with Crippen molar-refractivity contribution in [1.29, 1.82) is 0 Å². The molecule has 2 aromatic heterocycles. The van der Waals surface area contributed by atoms with Crippen molar-refractivity contribution in [2.75, 3.05) is 0 Å².